The summed E-state index contributed by atoms with van der Waals surface area (Å²) in [6.45, 7) is -0.336. The lowest BCUT2D eigenvalue weighted by molar-refractivity contribution is -0.146. The summed E-state index contributed by atoms with van der Waals surface area (Å²) in [4.78, 5) is 23.6. The van der Waals surface area contributed by atoms with Crippen LogP contribution in [0, 0.1) is 5.82 Å². The van der Waals surface area contributed by atoms with Crippen molar-refractivity contribution < 1.29 is 18.7 Å². The molecule has 0 saturated heterocycles. The number of esters is 1. The fourth-order valence-corrected chi connectivity index (χ4v) is 2.81. The molecule has 0 unspecified atom stereocenters. The highest BCUT2D eigenvalue weighted by molar-refractivity contribution is 5.93. The molecule has 2 aromatic rings. The van der Waals surface area contributed by atoms with Crippen LogP contribution in [0.3, 0.4) is 0 Å². The van der Waals surface area contributed by atoms with Crippen LogP contribution in [0.5, 0.6) is 0 Å². The summed E-state index contributed by atoms with van der Waals surface area (Å²) in [5.41, 5.74) is 3.95. The van der Waals surface area contributed by atoms with E-state index in [1.54, 1.807) is 0 Å². The van der Waals surface area contributed by atoms with Gasteiger partial charge in [0.15, 0.2) is 6.61 Å². The van der Waals surface area contributed by atoms with Crippen LogP contribution in [0.4, 0.5) is 10.1 Å². The first kappa shape index (κ1) is 16.2. The fourth-order valence-electron chi connectivity index (χ4n) is 2.81. The lowest BCUT2D eigenvalue weighted by Gasteiger charge is -2.08. The van der Waals surface area contributed by atoms with Crippen LogP contribution in [0.15, 0.2) is 42.5 Å². The Morgan fingerprint density at radius 1 is 1.04 bits per heavy atom. The van der Waals surface area contributed by atoms with Crippen molar-refractivity contribution >= 4 is 17.6 Å². The maximum absolute atomic E-state index is 12.8. The van der Waals surface area contributed by atoms with E-state index in [-0.39, 0.29) is 24.8 Å². The van der Waals surface area contributed by atoms with Gasteiger partial charge in [-0.05, 0) is 60.2 Å². The normalized spacial score (nSPS) is 12.5. The minimum absolute atomic E-state index is 0.00635. The summed E-state index contributed by atoms with van der Waals surface area (Å²) in [6.07, 6.45) is 3.27. The van der Waals surface area contributed by atoms with E-state index in [1.807, 2.05) is 18.2 Å². The van der Waals surface area contributed by atoms with Gasteiger partial charge in [-0.3, -0.25) is 9.59 Å². The van der Waals surface area contributed by atoms with Gasteiger partial charge in [-0.25, -0.2) is 4.39 Å². The third kappa shape index (κ3) is 4.19. The van der Waals surface area contributed by atoms with Crippen molar-refractivity contribution in [3.63, 3.8) is 0 Å². The van der Waals surface area contributed by atoms with Gasteiger partial charge in [0.05, 0.1) is 6.42 Å². The molecule has 0 spiro atoms. The summed E-state index contributed by atoms with van der Waals surface area (Å²) >= 11 is 0. The summed E-state index contributed by atoms with van der Waals surface area (Å²) in [7, 11) is 0. The zero-order valence-electron chi connectivity index (χ0n) is 13.2. The highest BCUT2D eigenvalue weighted by atomic mass is 19.1. The van der Waals surface area contributed by atoms with Crippen molar-refractivity contribution in [2.24, 2.45) is 0 Å². The van der Waals surface area contributed by atoms with Crippen LogP contribution in [-0.2, 0) is 33.6 Å². The number of benzene rings is 2. The largest absolute Gasteiger partial charge is 0.455 e. The van der Waals surface area contributed by atoms with Gasteiger partial charge in [0.25, 0.3) is 5.91 Å². The summed E-state index contributed by atoms with van der Waals surface area (Å²) in [6, 6.07) is 11.5. The Kier molecular flexibility index (Phi) is 4.89. The molecular weight excluding hydrogens is 309 g/mol. The molecule has 0 saturated carbocycles. The van der Waals surface area contributed by atoms with Crippen LogP contribution in [0.2, 0.25) is 0 Å². The molecule has 0 heterocycles. The molecule has 124 valence electrons. The average molecular weight is 327 g/mol. The predicted molar refractivity (Wildman–Crippen MR) is 88.2 cm³/mol. The third-order valence-corrected chi connectivity index (χ3v) is 4.01. The Hall–Kier alpha value is -2.69. The Morgan fingerprint density at radius 3 is 2.58 bits per heavy atom. The van der Waals surface area contributed by atoms with Crippen molar-refractivity contribution in [2.75, 3.05) is 11.9 Å². The number of carbonyl (C=O) groups excluding carboxylic acids is 2. The molecule has 1 amide bonds. The number of anilines is 1. The molecule has 0 radical (unpaired) electrons. The first-order chi connectivity index (χ1) is 11.6. The predicted octanol–water partition coefficient (Wildman–Crippen LogP) is 3.04. The van der Waals surface area contributed by atoms with Gasteiger partial charge in [0.2, 0.25) is 0 Å². The van der Waals surface area contributed by atoms with E-state index in [2.05, 4.69) is 5.32 Å². The van der Waals surface area contributed by atoms with Gasteiger partial charge in [-0.15, -0.1) is 0 Å². The Balaban J connectivity index is 1.46. The molecule has 24 heavy (non-hydrogen) atoms. The van der Waals surface area contributed by atoms with E-state index < -0.39 is 5.97 Å². The minimum Gasteiger partial charge on any atom is -0.455 e. The van der Waals surface area contributed by atoms with Crippen LogP contribution < -0.4 is 5.32 Å². The molecule has 1 aliphatic carbocycles. The number of hydrogen-bond donors (Lipinski definition) is 1. The second-order valence-electron chi connectivity index (χ2n) is 5.85. The maximum Gasteiger partial charge on any atom is 0.310 e. The molecule has 3 rings (SSSR count). The molecule has 5 heteroatoms. The van der Waals surface area contributed by atoms with E-state index in [9.17, 15) is 14.0 Å². The van der Waals surface area contributed by atoms with Crippen molar-refractivity contribution in [1.82, 2.24) is 0 Å². The maximum atomic E-state index is 12.8. The molecule has 1 N–H and O–H groups in total. The second-order valence-corrected chi connectivity index (χ2v) is 5.85. The van der Waals surface area contributed by atoms with Gasteiger partial charge in [-0.1, -0.05) is 18.2 Å². The van der Waals surface area contributed by atoms with E-state index in [0.29, 0.717) is 5.56 Å². The number of nitrogens with one attached hydrogen (secondary N) is 1. The molecule has 0 aliphatic heterocycles. The molecule has 0 bridgehead atoms. The number of amides is 1. The highest BCUT2D eigenvalue weighted by Gasteiger charge is 2.13. The zero-order chi connectivity index (χ0) is 16.9. The number of fused-ring (bicyclic) bond motifs is 1. The Labute approximate surface area is 139 Å². The molecule has 0 aromatic heterocycles. The van der Waals surface area contributed by atoms with Gasteiger partial charge in [-0.2, -0.15) is 0 Å². The van der Waals surface area contributed by atoms with Crippen molar-refractivity contribution in [3.05, 3.63) is 65.0 Å². The summed E-state index contributed by atoms with van der Waals surface area (Å²) in [5.74, 6) is -1.26. The Morgan fingerprint density at radius 2 is 1.79 bits per heavy atom. The molecule has 2 aromatic carbocycles. The van der Waals surface area contributed by atoms with Crippen LogP contribution in [0.1, 0.15) is 23.1 Å². The highest BCUT2D eigenvalue weighted by Crippen LogP contribution is 2.24. The number of ether oxygens (including phenoxy) is 1. The van der Waals surface area contributed by atoms with E-state index in [4.69, 9.17) is 4.74 Å². The second kappa shape index (κ2) is 7.25. The SMILES string of the molecule is O=C(COC(=O)Cc1ccc(F)cc1)Nc1ccc2c(c1)CCC2. The van der Waals surface area contributed by atoms with Crippen molar-refractivity contribution in [1.29, 1.82) is 0 Å². The number of carbonyl (C=O) groups is 2. The van der Waals surface area contributed by atoms with E-state index in [1.165, 1.54) is 35.4 Å². The van der Waals surface area contributed by atoms with Gasteiger partial charge in [0, 0.05) is 5.69 Å². The van der Waals surface area contributed by atoms with Crippen molar-refractivity contribution in [3.8, 4) is 0 Å². The van der Waals surface area contributed by atoms with Gasteiger partial charge < -0.3 is 10.1 Å². The fraction of sp³-hybridized carbons (Fsp3) is 0.263. The third-order valence-electron chi connectivity index (χ3n) is 4.01. The molecule has 0 atom stereocenters. The molecule has 4 nitrogen and oxygen atoms in total. The number of rotatable bonds is 5. The lowest BCUT2D eigenvalue weighted by Crippen LogP contribution is -2.21. The van der Waals surface area contributed by atoms with E-state index in [0.717, 1.165) is 24.9 Å². The number of hydrogen-bond acceptors (Lipinski definition) is 3. The first-order valence-corrected chi connectivity index (χ1v) is 7.92. The van der Waals surface area contributed by atoms with E-state index >= 15 is 0 Å². The number of aryl methyl sites for hydroxylation is 2. The smallest absolute Gasteiger partial charge is 0.310 e. The standard InChI is InChI=1S/C19H18FNO3/c20-16-7-4-13(5-8-16)10-19(23)24-12-18(22)21-17-9-6-14-2-1-3-15(14)11-17/h4-9,11H,1-3,10,12H2,(H,21,22). The summed E-state index contributed by atoms with van der Waals surface area (Å²) < 4.78 is 17.8. The number of halogens is 1. The van der Waals surface area contributed by atoms with Crippen LogP contribution >= 0.6 is 0 Å². The van der Waals surface area contributed by atoms with Crippen LogP contribution in [-0.4, -0.2) is 18.5 Å². The van der Waals surface area contributed by atoms with Crippen molar-refractivity contribution in [2.45, 2.75) is 25.7 Å². The monoisotopic (exact) mass is 327 g/mol. The first-order valence-electron chi connectivity index (χ1n) is 7.92. The van der Waals surface area contributed by atoms with Crippen LogP contribution in [0.25, 0.3) is 0 Å². The van der Waals surface area contributed by atoms with Gasteiger partial charge >= 0.3 is 5.97 Å². The van der Waals surface area contributed by atoms with Gasteiger partial charge in [0.1, 0.15) is 5.82 Å². The Bertz CT molecular complexity index is 756. The zero-order valence-corrected chi connectivity index (χ0v) is 13.2. The lowest BCUT2D eigenvalue weighted by atomic mass is 10.1. The average Bonchev–Trinajstić information content (AvgIpc) is 3.03. The molecular formula is C19H18FNO3. The molecule has 1 aliphatic rings. The topological polar surface area (TPSA) is 55.4 Å². The minimum atomic E-state index is -0.522. The quantitative estimate of drug-likeness (QED) is 0.859. The summed E-state index contributed by atoms with van der Waals surface area (Å²) in [5, 5.41) is 2.73. The molecule has 0 fully saturated rings.